The van der Waals surface area contributed by atoms with Gasteiger partial charge in [0.15, 0.2) is 6.29 Å². The molecule has 1 heterocycles. The van der Waals surface area contributed by atoms with Gasteiger partial charge in [0.2, 0.25) is 0 Å². The van der Waals surface area contributed by atoms with Crippen molar-refractivity contribution in [2.75, 3.05) is 13.7 Å². The lowest BCUT2D eigenvalue weighted by Gasteiger charge is -2.27. The van der Waals surface area contributed by atoms with E-state index in [2.05, 4.69) is 11.7 Å². The molecule has 4 heteroatoms. The maximum Gasteiger partial charge on any atom is 0.308 e. The summed E-state index contributed by atoms with van der Waals surface area (Å²) in [5.74, 6) is -0.214. The molecule has 0 aliphatic carbocycles. The SMILES string of the molecule is CCC[C@@H](CC(=O)OC)O[C@H]1CCCCO1. The van der Waals surface area contributed by atoms with Crippen molar-refractivity contribution in [3.63, 3.8) is 0 Å². The first-order valence-electron chi connectivity index (χ1n) is 6.10. The standard InChI is InChI=1S/C12H22O4/c1-3-6-10(9-11(13)14-2)16-12-7-4-5-8-15-12/h10,12H,3-9H2,1-2H3/t10-,12-/m0/s1. The van der Waals surface area contributed by atoms with Crippen LogP contribution < -0.4 is 0 Å². The molecule has 16 heavy (non-hydrogen) atoms. The van der Waals surface area contributed by atoms with E-state index in [1.54, 1.807) is 0 Å². The minimum atomic E-state index is -0.214. The molecule has 0 aromatic heterocycles. The fourth-order valence-electron chi connectivity index (χ4n) is 1.84. The van der Waals surface area contributed by atoms with E-state index in [4.69, 9.17) is 9.47 Å². The monoisotopic (exact) mass is 230 g/mol. The number of carbonyl (C=O) groups is 1. The Hall–Kier alpha value is -0.610. The average molecular weight is 230 g/mol. The van der Waals surface area contributed by atoms with E-state index >= 15 is 0 Å². The molecule has 1 fully saturated rings. The van der Waals surface area contributed by atoms with Gasteiger partial charge >= 0.3 is 5.97 Å². The summed E-state index contributed by atoms with van der Waals surface area (Å²) in [6.07, 6.45) is 5.17. The van der Waals surface area contributed by atoms with Crippen molar-refractivity contribution in [1.82, 2.24) is 0 Å². The van der Waals surface area contributed by atoms with Crippen LogP contribution in [-0.2, 0) is 19.0 Å². The predicted octanol–water partition coefficient (Wildman–Crippen LogP) is 2.26. The van der Waals surface area contributed by atoms with Crippen LogP contribution in [-0.4, -0.2) is 32.1 Å². The van der Waals surface area contributed by atoms with Gasteiger partial charge in [-0.2, -0.15) is 0 Å². The molecule has 0 saturated carbocycles. The lowest BCUT2D eigenvalue weighted by Crippen LogP contribution is -2.29. The van der Waals surface area contributed by atoms with Gasteiger partial charge in [-0.25, -0.2) is 0 Å². The summed E-state index contributed by atoms with van der Waals surface area (Å²) >= 11 is 0. The first-order chi connectivity index (χ1) is 7.76. The van der Waals surface area contributed by atoms with Crippen molar-refractivity contribution in [2.24, 2.45) is 0 Å². The molecule has 0 N–H and O–H groups in total. The van der Waals surface area contributed by atoms with Crippen molar-refractivity contribution in [3.05, 3.63) is 0 Å². The van der Waals surface area contributed by atoms with Gasteiger partial charge in [-0.3, -0.25) is 4.79 Å². The molecule has 0 spiro atoms. The topological polar surface area (TPSA) is 44.8 Å². The lowest BCUT2D eigenvalue weighted by atomic mass is 10.1. The van der Waals surface area contributed by atoms with Crippen molar-refractivity contribution in [1.29, 1.82) is 0 Å². The number of carbonyl (C=O) groups excluding carboxylic acids is 1. The van der Waals surface area contributed by atoms with Gasteiger partial charge < -0.3 is 14.2 Å². The molecular weight excluding hydrogens is 208 g/mol. The number of hydrogen-bond acceptors (Lipinski definition) is 4. The van der Waals surface area contributed by atoms with E-state index in [-0.39, 0.29) is 18.4 Å². The molecule has 4 nitrogen and oxygen atoms in total. The molecule has 0 unspecified atom stereocenters. The molecule has 2 atom stereocenters. The Balaban J connectivity index is 2.33. The number of hydrogen-bond donors (Lipinski definition) is 0. The van der Waals surface area contributed by atoms with E-state index in [0.29, 0.717) is 6.42 Å². The summed E-state index contributed by atoms with van der Waals surface area (Å²) in [4.78, 5) is 11.2. The van der Waals surface area contributed by atoms with E-state index in [9.17, 15) is 4.79 Å². The lowest BCUT2D eigenvalue weighted by molar-refractivity contribution is -0.193. The van der Waals surface area contributed by atoms with Gasteiger partial charge in [0.05, 0.1) is 19.6 Å². The molecule has 1 rings (SSSR count). The zero-order valence-electron chi connectivity index (χ0n) is 10.2. The molecule has 1 aliphatic rings. The number of esters is 1. The normalized spacial score (nSPS) is 22.8. The zero-order chi connectivity index (χ0) is 11.8. The molecule has 0 amide bonds. The largest absolute Gasteiger partial charge is 0.469 e. The molecule has 0 aromatic rings. The van der Waals surface area contributed by atoms with E-state index in [1.807, 2.05) is 0 Å². The highest BCUT2D eigenvalue weighted by atomic mass is 16.7. The van der Waals surface area contributed by atoms with Crippen LogP contribution in [0.15, 0.2) is 0 Å². The highest BCUT2D eigenvalue weighted by molar-refractivity contribution is 5.69. The predicted molar refractivity (Wildman–Crippen MR) is 60.0 cm³/mol. The Kier molecular flexibility index (Phi) is 6.42. The number of methoxy groups -OCH3 is 1. The first kappa shape index (κ1) is 13.5. The van der Waals surface area contributed by atoms with Crippen molar-refractivity contribution < 1.29 is 19.0 Å². The Morgan fingerprint density at radius 2 is 2.31 bits per heavy atom. The third kappa shape index (κ3) is 4.94. The van der Waals surface area contributed by atoms with Gasteiger partial charge in [-0.15, -0.1) is 0 Å². The Bertz CT molecular complexity index is 199. The van der Waals surface area contributed by atoms with Crippen molar-refractivity contribution in [3.8, 4) is 0 Å². The van der Waals surface area contributed by atoms with Crippen LogP contribution in [0.5, 0.6) is 0 Å². The highest BCUT2D eigenvalue weighted by Gasteiger charge is 2.21. The van der Waals surface area contributed by atoms with Crippen molar-refractivity contribution in [2.45, 2.75) is 57.8 Å². The van der Waals surface area contributed by atoms with Crippen LogP contribution in [0.3, 0.4) is 0 Å². The molecule has 0 bridgehead atoms. The van der Waals surface area contributed by atoms with E-state index in [1.165, 1.54) is 7.11 Å². The fraction of sp³-hybridized carbons (Fsp3) is 0.917. The molecule has 0 radical (unpaired) electrons. The second kappa shape index (κ2) is 7.63. The Labute approximate surface area is 97.2 Å². The van der Waals surface area contributed by atoms with E-state index < -0.39 is 0 Å². The molecular formula is C12H22O4. The van der Waals surface area contributed by atoms with Gasteiger partial charge in [-0.05, 0) is 25.7 Å². The number of ether oxygens (including phenoxy) is 3. The minimum absolute atomic E-state index is 0.0689. The van der Waals surface area contributed by atoms with E-state index in [0.717, 1.165) is 38.7 Å². The first-order valence-corrected chi connectivity index (χ1v) is 6.10. The summed E-state index contributed by atoms with van der Waals surface area (Å²) in [7, 11) is 1.41. The van der Waals surface area contributed by atoms with Crippen LogP contribution in [0, 0.1) is 0 Å². The third-order valence-electron chi connectivity index (χ3n) is 2.71. The minimum Gasteiger partial charge on any atom is -0.469 e. The highest BCUT2D eigenvalue weighted by Crippen LogP contribution is 2.18. The van der Waals surface area contributed by atoms with Crippen molar-refractivity contribution >= 4 is 5.97 Å². The smallest absolute Gasteiger partial charge is 0.308 e. The second-order valence-corrected chi connectivity index (χ2v) is 4.12. The number of rotatable bonds is 6. The molecule has 1 saturated heterocycles. The summed E-state index contributed by atoms with van der Waals surface area (Å²) in [6.45, 7) is 2.84. The van der Waals surface area contributed by atoms with Gasteiger partial charge in [-0.1, -0.05) is 13.3 Å². The Morgan fingerprint density at radius 1 is 1.50 bits per heavy atom. The third-order valence-corrected chi connectivity index (χ3v) is 2.71. The fourth-order valence-corrected chi connectivity index (χ4v) is 1.84. The van der Waals surface area contributed by atoms with Gasteiger partial charge in [0, 0.05) is 6.61 Å². The maximum atomic E-state index is 11.2. The molecule has 94 valence electrons. The van der Waals surface area contributed by atoms with Crippen LogP contribution >= 0.6 is 0 Å². The van der Waals surface area contributed by atoms with Crippen LogP contribution in [0.1, 0.15) is 45.4 Å². The maximum absolute atomic E-state index is 11.2. The van der Waals surface area contributed by atoms with Gasteiger partial charge in [0.1, 0.15) is 0 Å². The van der Waals surface area contributed by atoms with Gasteiger partial charge in [0.25, 0.3) is 0 Å². The summed E-state index contributed by atoms with van der Waals surface area (Å²) in [6, 6.07) is 0. The summed E-state index contributed by atoms with van der Waals surface area (Å²) in [5.41, 5.74) is 0. The summed E-state index contributed by atoms with van der Waals surface area (Å²) in [5, 5.41) is 0. The quantitative estimate of drug-likeness (QED) is 0.656. The average Bonchev–Trinajstić information content (AvgIpc) is 2.30. The zero-order valence-corrected chi connectivity index (χ0v) is 10.2. The molecule has 0 aromatic carbocycles. The van der Waals surface area contributed by atoms with Crippen LogP contribution in [0.4, 0.5) is 0 Å². The van der Waals surface area contributed by atoms with Crippen LogP contribution in [0.25, 0.3) is 0 Å². The van der Waals surface area contributed by atoms with Crippen LogP contribution in [0.2, 0.25) is 0 Å². The molecule has 1 aliphatic heterocycles. The second-order valence-electron chi connectivity index (χ2n) is 4.12. The Morgan fingerprint density at radius 3 is 2.88 bits per heavy atom. The summed E-state index contributed by atoms with van der Waals surface area (Å²) < 4.78 is 15.9.